The van der Waals surface area contributed by atoms with E-state index < -0.39 is 25.1 Å². The fraction of sp³-hybridized carbons (Fsp3) is 0.471. The normalized spacial score (nSPS) is 12.5. The van der Waals surface area contributed by atoms with Crippen LogP contribution in [0, 0.1) is 0 Å². The van der Waals surface area contributed by atoms with Gasteiger partial charge < -0.3 is 15.5 Å². The summed E-state index contributed by atoms with van der Waals surface area (Å²) in [5.74, 6) is -0.106. The fourth-order valence-corrected chi connectivity index (χ4v) is 8.30. The zero-order valence-corrected chi connectivity index (χ0v) is 35.1. The first kappa shape index (κ1) is 45.0. The van der Waals surface area contributed by atoms with Crippen molar-refractivity contribution in [3.05, 3.63) is 89.6 Å². The third-order valence-electron chi connectivity index (χ3n) is 7.02. The summed E-state index contributed by atoms with van der Waals surface area (Å²) in [5, 5.41) is 8.04. The molecule has 0 unspecified atom stereocenters. The van der Waals surface area contributed by atoms with Crippen molar-refractivity contribution >= 4 is 86.9 Å². The molecule has 17 heteroatoms. The average Bonchev–Trinajstić information content (AvgIpc) is 3.89. The van der Waals surface area contributed by atoms with Crippen molar-refractivity contribution in [2.24, 2.45) is 5.73 Å². The van der Waals surface area contributed by atoms with Crippen molar-refractivity contribution < 1.29 is 26.4 Å². The fourth-order valence-electron chi connectivity index (χ4n) is 4.69. The maximum atomic E-state index is 13.1. The van der Waals surface area contributed by atoms with E-state index in [1.165, 1.54) is 9.75 Å². The smallest absolute Gasteiger partial charge is 0.241 e. The van der Waals surface area contributed by atoms with Crippen LogP contribution in [-0.2, 0) is 54.8 Å². The molecule has 0 aliphatic carbocycles. The van der Waals surface area contributed by atoms with Crippen molar-refractivity contribution in [3.63, 3.8) is 0 Å². The highest BCUT2D eigenvalue weighted by Gasteiger charge is 2.27. The van der Waals surface area contributed by atoms with Gasteiger partial charge in [-0.1, -0.05) is 63.8 Å². The number of nitrogens with two attached hydrogens (primary N) is 1. The van der Waals surface area contributed by atoms with Crippen LogP contribution in [0.4, 0.5) is 0 Å². The van der Waals surface area contributed by atoms with E-state index in [0.29, 0.717) is 32.6 Å². The van der Waals surface area contributed by atoms with Gasteiger partial charge >= 0.3 is 0 Å². The van der Waals surface area contributed by atoms with E-state index in [1.54, 1.807) is 50.2 Å². The van der Waals surface area contributed by atoms with Gasteiger partial charge in [0, 0.05) is 30.2 Å². The summed E-state index contributed by atoms with van der Waals surface area (Å²) < 4.78 is 44.7. The molecule has 0 aliphatic heterocycles. The Labute approximate surface area is 324 Å². The van der Waals surface area contributed by atoms with E-state index in [0.717, 1.165) is 54.4 Å². The minimum atomic E-state index is -3.45. The lowest BCUT2D eigenvalue weighted by molar-refractivity contribution is -0.134. The SMILES string of the molecule is CCCC[C@H](N)C(=O)N(Cc1cccs1)Cc1cccs1.CCCC[C@H](NS(C)(=O)=O)C(=O)N(Cc1cccs1)Cc1cccs1.CS(=O)(=O)Cl. The molecule has 0 aromatic carbocycles. The van der Waals surface area contributed by atoms with Crippen LogP contribution in [0.3, 0.4) is 0 Å². The van der Waals surface area contributed by atoms with Crippen molar-refractivity contribution in [1.29, 1.82) is 0 Å². The number of hydrogen-bond donors (Lipinski definition) is 2. The molecule has 10 nitrogen and oxygen atoms in total. The number of rotatable bonds is 18. The zero-order chi connectivity index (χ0) is 37.9. The molecule has 0 fully saturated rings. The molecule has 0 bridgehead atoms. The monoisotopic (exact) mass is 836 g/mol. The second-order valence-electron chi connectivity index (χ2n) is 11.7. The molecule has 284 valence electrons. The lowest BCUT2D eigenvalue weighted by Crippen LogP contribution is -2.47. The van der Waals surface area contributed by atoms with Crippen LogP contribution >= 0.6 is 56.0 Å². The topological polar surface area (TPSA) is 147 Å². The molecule has 3 N–H and O–H groups in total. The van der Waals surface area contributed by atoms with Gasteiger partial charge in [-0.15, -0.1) is 45.3 Å². The van der Waals surface area contributed by atoms with Crippen LogP contribution in [0.2, 0.25) is 0 Å². The predicted molar refractivity (Wildman–Crippen MR) is 215 cm³/mol. The van der Waals surface area contributed by atoms with Crippen molar-refractivity contribution in [2.75, 3.05) is 12.5 Å². The van der Waals surface area contributed by atoms with E-state index in [-0.39, 0.29) is 17.9 Å². The van der Waals surface area contributed by atoms with Crippen LogP contribution < -0.4 is 10.5 Å². The Morgan fingerprint density at radius 1 is 0.686 bits per heavy atom. The predicted octanol–water partition coefficient (Wildman–Crippen LogP) is 7.49. The highest BCUT2D eigenvalue weighted by atomic mass is 35.7. The molecule has 4 rings (SSSR count). The van der Waals surface area contributed by atoms with Gasteiger partial charge in [-0.2, -0.15) is 0 Å². The highest BCUT2D eigenvalue weighted by Crippen LogP contribution is 2.20. The Balaban J connectivity index is 0.000000316. The van der Waals surface area contributed by atoms with Crippen molar-refractivity contribution in [1.82, 2.24) is 14.5 Å². The van der Waals surface area contributed by atoms with Gasteiger partial charge in [0.1, 0.15) is 6.04 Å². The molecule has 0 aliphatic rings. The molecule has 4 heterocycles. The summed E-state index contributed by atoms with van der Waals surface area (Å²) in [4.78, 5) is 33.9. The summed E-state index contributed by atoms with van der Waals surface area (Å²) in [5.41, 5.74) is 6.08. The van der Waals surface area contributed by atoms with Crippen LogP contribution in [0.5, 0.6) is 0 Å². The lowest BCUT2D eigenvalue weighted by Gasteiger charge is -2.27. The maximum Gasteiger partial charge on any atom is 0.241 e. The summed E-state index contributed by atoms with van der Waals surface area (Å²) in [6.45, 7) is 6.41. The summed E-state index contributed by atoms with van der Waals surface area (Å²) in [6.07, 6.45) is 7.07. The standard InChI is InChI=1S/C17H24N2O3S3.C16H22N2OS2.CH3ClO2S/c1-3-4-9-16(18-25(2,21)22)17(20)19(12-14-7-5-10-23-14)13-15-8-6-11-24-15;1-2-3-8-15(17)16(19)18(11-13-6-4-9-20-13)12-14-7-5-10-21-14;1-5(2,3)4/h5-8,10-11,16,18H,3-4,9,12-13H2,1-2H3;4-7,9-10,15H,2-3,8,11-12,17H2,1H3;1H3/t16-;15-;/m00./s1. The lowest BCUT2D eigenvalue weighted by atomic mass is 10.1. The number of carbonyl (C=O) groups excluding carboxylic acids is 2. The van der Waals surface area contributed by atoms with E-state index in [1.807, 2.05) is 69.7 Å². The van der Waals surface area contributed by atoms with Crippen molar-refractivity contribution in [2.45, 2.75) is 90.6 Å². The average molecular weight is 838 g/mol. The van der Waals surface area contributed by atoms with Crippen LogP contribution in [-0.4, -0.2) is 63.0 Å². The number of carbonyl (C=O) groups is 2. The second kappa shape index (κ2) is 23.5. The first-order chi connectivity index (χ1) is 24.1. The van der Waals surface area contributed by atoms with Gasteiger partial charge in [0.2, 0.25) is 30.9 Å². The highest BCUT2D eigenvalue weighted by molar-refractivity contribution is 8.13. The first-order valence-corrected chi connectivity index (χ1v) is 24.5. The zero-order valence-electron chi connectivity index (χ0n) is 29.4. The van der Waals surface area contributed by atoms with Crippen LogP contribution in [0.1, 0.15) is 71.9 Å². The maximum absolute atomic E-state index is 13.1. The van der Waals surface area contributed by atoms with Gasteiger partial charge in [0.25, 0.3) is 0 Å². The molecular weight excluding hydrogens is 788 g/mol. The van der Waals surface area contributed by atoms with Crippen LogP contribution in [0.15, 0.2) is 70.1 Å². The number of unbranched alkanes of at least 4 members (excludes halogenated alkanes) is 2. The number of hydrogen-bond acceptors (Lipinski definition) is 11. The van der Waals surface area contributed by atoms with Crippen LogP contribution in [0.25, 0.3) is 0 Å². The molecule has 2 amide bonds. The molecule has 4 aromatic heterocycles. The third-order valence-corrected chi connectivity index (χ3v) is 11.2. The quantitative estimate of drug-likeness (QED) is 0.0988. The van der Waals surface area contributed by atoms with E-state index in [9.17, 15) is 26.4 Å². The van der Waals surface area contributed by atoms with Crippen molar-refractivity contribution in [3.8, 4) is 0 Å². The van der Waals surface area contributed by atoms with E-state index >= 15 is 0 Å². The summed E-state index contributed by atoms with van der Waals surface area (Å²) >= 11 is 6.55. The summed E-state index contributed by atoms with van der Waals surface area (Å²) in [7, 11) is -2.14. The van der Waals surface area contributed by atoms with E-state index in [2.05, 4.69) is 34.5 Å². The number of amides is 2. The Kier molecular flexibility index (Phi) is 20.7. The largest absolute Gasteiger partial charge is 0.331 e. The second-order valence-corrected chi connectivity index (χ2v) is 20.7. The minimum absolute atomic E-state index is 0.0604. The molecular formula is C34H49ClN4O6S6. The number of nitrogens with one attached hydrogen (secondary N) is 1. The number of thiophene rings is 4. The number of nitrogens with zero attached hydrogens (tertiary/aromatic N) is 2. The van der Waals surface area contributed by atoms with Gasteiger partial charge in [-0.05, 0) is 58.6 Å². The Morgan fingerprint density at radius 3 is 1.31 bits per heavy atom. The molecule has 51 heavy (non-hydrogen) atoms. The van der Waals surface area contributed by atoms with Gasteiger partial charge in [-0.25, -0.2) is 21.6 Å². The Morgan fingerprint density at radius 2 is 1.02 bits per heavy atom. The Bertz CT molecular complexity index is 1650. The number of halogens is 1. The Hall–Kier alpha value is -2.15. The minimum Gasteiger partial charge on any atom is -0.331 e. The van der Waals surface area contributed by atoms with Gasteiger partial charge in [0.15, 0.2) is 0 Å². The van der Waals surface area contributed by atoms with Gasteiger partial charge in [-0.3, -0.25) is 9.59 Å². The summed E-state index contributed by atoms with van der Waals surface area (Å²) in [6, 6.07) is 15.0. The molecule has 2 atom stereocenters. The van der Waals surface area contributed by atoms with Gasteiger partial charge in [0.05, 0.1) is 44.7 Å². The molecule has 0 radical (unpaired) electrons. The molecule has 0 saturated heterocycles. The third kappa shape index (κ3) is 20.0. The molecule has 0 spiro atoms. The first-order valence-electron chi connectivity index (χ1n) is 16.4. The molecule has 0 saturated carbocycles. The van der Waals surface area contributed by atoms with E-state index in [4.69, 9.17) is 5.73 Å². The number of sulfonamides is 1. The molecule has 4 aromatic rings.